The van der Waals surface area contributed by atoms with Crippen LogP contribution in [0.25, 0.3) is 0 Å². The summed E-state index contributed by atoms with van der Waals surface area (Å²) in [4.78, 5) is 12.0. The molecule has 44 heavy (non-hydrogen) atoms. The summed E-state index contributed by atoms with van der Waals surface area (Å²) in [6.45, 7) is 4.57. The minimum Gasteiger partial charge on any atom is -0.430 e. The molecule has 0 aromatic rings. The maximum Gasteiger partial charge on any atom is 0.321 e. The molecule has 256 valence electrons. The Morgan fingerprint density at radius 2 is 0.750 bits per heavy atom. The van der Waals surface area contributed by atoms with E-state index in [1.54, 1.807) is 0 Å². The van der Waals surface area contributed by atoms with Crippen molar-refractivity contribution in [2.75, 3.05) is 0 Å². The molecule has 0 N–H and O–H groups in total. The fourth-order valence-corrected chi connectivity index (χ4v) is 6.35. The lowest BCUT2D eigenvalue weighted by Gasteiger charge is -2.28. The molecule has 1 rings (SSSR count). The zero-order chi connectivity index (χ0) is 31.6. The molecule has 0 aliphatic carbocycles. The Kier molecular flexibility index (Phi) is 30.6. The van der Waals surface area contributed by atoms with Crippen molar-refractivity contribution in [3.63, 3.8) is 0 Å². The van der Waals surface area contributed by atoms with Crippen molar-refractivity contribution in [3.8, 4) is 0 Å². The van der Waals surface area contributed by atoms with Crippen LogP contribution in [0.4, 0.5) is 0 Å². The van der Waals surface area contributed by atoms with Gasteiger partial charge in [-0.3, -0.25) is 4.79 Å². The molecule has 0 saturated carbocycles. The fourth-order valence-electron chi connectivity index (χ4n) is 6.35. The van der Waals surface area contributed by atoms with Crippen LogP contribution in [0.1, 0.15) is 219 Å². The van der Waals surface area contributed by atoms with Crippen LogP contribution >= 0.6 is 0 Å². The van der Waals surface area contributed by atoms with Crippen LogP contribution in [0.2, 0.25) is 0 Å². The third-order valence-electron chi connectivity index (χ3n) is 9.41. The highest BCUT2D eigenvalue weighted by Crippen LogP contribution is 2.32. The van der Waals surface area contributed by atoms with Gasteiger partial charge in [0.25, 0.3) is 0 Å². The Balaban J connectivity index is 1.85. The topological polar surface area (TPSA) is 26.3 Å². The van der Waals surface area contributed by atoms with E-state index in [-0.39, 0.29) is 11.9 Å². The second-order valence-corrected chi connectivity index (χ2v) is 13.7. The molecule has 1 unspecified atom stereocenters. The largest absolute Gasteiger partial charge is 0.430 e. The third-order valence-corrected chi connectivity index (χ3v) is 9.41. The first-order valence-electron chi connectivity index (χ1n) is 20.0. The number of rotatable bonds is 34. The molecule has 0 radical (unpaired) electrons. The van der Waals surface area contributed by atoms with Crippen molar-refractivity contribution in [3.05, 3.63) is 36.1 Å². The summed E-state index contributed by atoms with van der Waals surface area (Å²) in [6, 6.07) is 0. The van der Waals surface area contributed by atoms with Gasteiger partial charge in [0.2, 0.25) is 0 Å². The first-order valence-corrected chi connectivity index (χ1v) is 20.0. The van der Waals surface area contributed by atoms with Gasteiger partial charge in [-0.15, -0.1) is 0 Å². The van der Waals surface area contributed by atoms with E-state index in [1.807, 2.05) is 0 Å². The molecule has 2 nitrogen and oxygen atoms in total. The highest BCUT2D eigenvalue weighted by molar-refractivity contribution is 5.82. The summed E-state index contributed by atoms with van der Waals surface area (Å²) in [5.41, 5.74) is 0. The summed E-state index contributed by atoms with van der Waals surface area (Å²) in [6.07, 6.45) is 54.2. The second-order valence-electron chi connectivity index (χ2n) is 13.7. The lowest BCUT2D eigenvalue weighted by Crippen LogP contribution is -2.32. The van der Waals surface area contributed by atoms with Crippen LogP contribution in [0.3, 0.4) is 0 Å². The number of ether oxygens (including phenoxy) is 1. The van der Waals surface area contributed by atoms with Crippen LogP contribution in [0, 0.1) is 5.92 Å². The average molecular weight is 613 g/mol. The summed E-state index contributed by atoms with van der Waals surface area (Å²) in [5.74, 6) is 1.05. The van der Waals surface area contributed by atoms with Crippen molar-refractivity contribution in [1.29, 1.82) is 0 Å². The molecule has 0 aromatic carbocycles. The fraction of sp³-hybridized carbons (Fsp3) is 0.833. The number of allylic oxidation sites excluding steroid dienone is 5. The van der Waals surface area contributed by atoms with Gasteiger partial charge in [-0.1, -0.05) is 173 Å². The molecule has 1 saturated heterocycles. The zero-order valence-corrected chi connectivity index (χ0v) is 29.9. The SMILES string of the molecule is CCCCCCCCC/C=C/CCCCCCCC/C=C1/OC(=O)C1CCCCCCCC/C=C/CCCCCCCCC. The van der Waals surface area contributed by atoms with Crippen LogP contribution in [0.15, 0.2) is 36.1 Å². The number of cyclic esters (lactones) is 1. The van der Waals surface area contributed by atoms with Gasteiger partial charge in [0, 0.05) is 0 Å². The van der Waals surface area contributed by atoms with Gasteiger partial charge in [-0.2, -0.15) is 0 Å². The summed E-state index contributed by atoms with van der Waals surface area (Å²) in [7, 11) is 0. The Morgan fingerprint density at radius 1 is 0.432 bits per heavy atom. The number of carbonyl (C=O) groups excluding carboxylic acids is 1. The van der Waals surface area contributed by atoms with E-state index in [4.69, 9.17) is 4.74 Å². The smallest absolute Gasteiger partial charge is 0.321 e. The van der Waals surface area contributed by atoms with Crippen molar-refractivity contribution in [2.24, 2.45) is 5.92 Å². The van der Waals surface area contributed by atoms with E-state index in [0.717, 1.165) is 25.0 Å². The Bertz CT molecular complexity index is 703. The monoisotopic (exact) mass is 613 g/mol. The minimum atomic E-state index is 0.0102. The molecular formula is C42H76O2. The minimum absolute atomic E-state index is 0.0102. The maximum absolute atomic E-state index is 12.0. The molecule has 1 aliphatic rings. The van der Waals surface area contributed by atoms with Gasteiger partial charge in [0.05, 0.1) is 0 Å². The normalized spacial score (nSPS) is 16.0. The van der Waals surface area contributed by atoms with Gasteiger partial charge in [0.1, 0.15) is 11.7 Å². The van der Waals surface area contributed by atoms with Crippen LogP contribution in [0.5, 0.6) is 0 Å². The van der Waals surface area contributed by atoms with Crippen LogP contribution < -0.4 is 0 Å². The first-order chi connectivity index (χ1) is 21.8. The summed E-state index contributed by atoms with van der Waals surface area (Å²) in [5, 5.41) is 0. The molecule has 0 aromatic heterocycles. The van der Waals surface area contributed by atoms with Crippen molar-refractivity contribution in [2.45, 2.75) is 219 Å². The van der Waals surface area contributed by atoms with E-state index in [2.05, 4.69) is 44.2 Å². The van der Waals surface area contributed by atoms with Gasteiger partial charge in [0.15, 0.2) is 0 Å². The van der Waals surface area contributed by atoms with Crippen LogP contribution in [-0.4, -0.2) is 5.97 Å². The Hall–Kier alpha value is -1.31. The quantitative estimate of drug-likeness (QED) is 0.0410. The van der Waals surface area contributed by atoms with Gasteiger partial charge < -0.3 is 4.74 Å². The number of carbonyl (C=O) groups is 1. The highest BCUT2D eigenvalue weighted by atomic mass is 16.6. The van der Waals surface area contributed by atoms with Crippen LogP contribution in [-0.2, 0) is 9.53 Å². The zero-order valence-electron chi connectivity index (χ0n) is 29.9. The average Bonchev–Trinajstić information content (AvgIpc) is 3.03. The molecule has 1 heterocycles. The first kappa shape index (κ1) is 40.7. The second kappa shape index (κ2) is 33.1. The predicted molar refractivity (Wildman–Crippen MR) is 195 cm³/mol. The number of esters is 1. The molecule has 0 spiro atoms. The summed E-state index contributed by atoms with van der Waals surface area (Å²) < 4.78 is 5.38. The van der Waals surface area contributed by atoms with Crippen molar-refractivity contribution in [1.82, 2.24) is 0 Å². The van der Waals surface area contributed by atoms with E-state index in [9.17, 15) is 4.79 Å². The third kappa shape index (κ3) is 26.0. The molecule has 1 aliphatic heterocycles. The lowest BCUT2D eigenvalue weighted by atomic mass is 9.93. The highest BCUT2D eigenvalue weighted by Gasteiger charge is 2.36. The Morgan fingerprint density at radius 3 is 1.11 bits per heavy atom. The van der Waals surface area contributed by atoms with E-state index in [0.29, 0.717) is 0 Å². The molecular weight excluding hydrogens is 536 g/mol. The van der Waals surface area contributed by atoms with Crippen molar-refractivity contribution < 1.29 is 9.53 Å². The van der Waals surface area contributed by atoms with Crippen molar-refractivity contribution >= 4 is 5.97 Å². The summed E-state index contributed by atoms with van der Waals surface area (Å²) >= 11 is 0. The maximum atomic E-state index is 12.0. The van der Waals surface area contributed by atoms with E-state index < -0.39 is 0 Å². The van der Waals surface area contributed by atoms with E-state index >= 15 is 0 Å². The Labute approximate surface area is 276 Å². The van der Waals surface area contributed by atoms with Gasteiger partial charge in [-0.25, -0.2) is 0 Å². The molecule has 0 bridgehead atoms. The van der Waals surface area contributed by atoms with E-state index in [1.165, 1.54) is 186 Å². The number of unbranched alkanes of at least 4 members (excludes halogenated alkanes) is 27. The number of hydrogen-bond acceptors (Lipinski definition) is 2. The predicted octanol–water partition coefficient (Wildman–Crippen LogP) is 14.7. The lowest BCUT2D eigenvalue weighted by molar-refractivity contribution is -0.157. The van der Waals surface area contributed by atoms with Gasteiger partial charge in [-0.05, 0) is 76.7 Å². The molecule has 1 fully saturated rings. The molecule has 2 heteroatoms. The number of hydrogen-bond donors (Lipinski definition) is 0. The molecule has 0 amide bonds. The molecule has 1 atom stereocenters. The van der Waals surface area contributed by atoms with Gasteiger partial charge >= 0.3 is 5.97 Å². The standard InChI is InChI=1S/C42H76O2/c1-3-5-7-9-11-13-15-17-19-21-23-25-27-29-31-33-35-37-39-41-40(42(43)44-41)38-36-34-32-30-28-26-24-22-20-18-16-14-12-10-8-6-4-2/h19-22,39-40H,3-18,23-38H2,1-2H3/b21-19+,22-20+,41-39+.